The van der Waals surface area contributed by atoms with E-state index in [1.54, 1.807) is 10.9 Å². The lowest BCUT2D eigenvalue weighted by atomic mass is 10.1. The molecule has 1 aromatic heterocycles. The van der Waals surface area contributed by atoms with Crippen molar-refractivity contribution in [3.05, 3.63) is 6.20 Å². The molecule has 0 spiro atoms. The topological polar surface area (TPSA) is 79.1 Å². The molecule has 0 atom stereocenters. The maximum absolute atomic E-state index is 5.77. The van der Waals surface area contributed by atoms with E-state index in [0.29, 0.717) is 17.5 Å². The second-order valence-electron chi connectivity index (χ2n) is 3.27. The molecule has 5 heteroatoms. The normalized spacial score (nSPS) is 19.1. The van der Waals surface area contributed by atoms with Gasteiger partial charge in [-0.25, -0.2) is 4.68 Å². The van der Waals surface area contributed by atoms with Crippen molar-refractivity contribution in [3.63, 3.8) is 0 Å². The van der Waals surface area contributed by atoms with E-state index < -0.39 is 0 Å². The van der Waals surface area contributed by atoms with Gasteiger partial charge in [-0.05, 0) is 12.8 Å². The quantitative estimate of drug-likeness (QED) is 0.658. The van der Waals surface area contributed by atoms with Crippen LogP contribution in [0.2, 0.25) is 0 Å². The van der Waals surface area contributed by atoms with Crippen molar-refractivity contribution in [1.29, 1.82) is 0 Å². The average Bonchev–Trinajstić information content (AvgIpc) is 2.49. The lowest BCUT2D eigenvalue weighted by Gasteiger charge is -2.23. The van der Waals surface area contributed by atoms with Gasteiger partial charge in [0.15, 0.2) is 0 Å². The summed E-state index contributed by atoms with van der Waals surface area (Å²) < 4.78 is 7.06. The Bertz CT molecular complexity index is 290. The Labute approximate surface area is 76.7 Å². The largest absolute Gasteiger partial charge is 0.394 e. The van der Waals surface area contributed by atoms with Crippen LogP contribution in [-0.4, -0.2) is 23.0 Å². The van der Waals surface area contributed by atoms with Crippen LogP contribution in [0.25, 0.3) is 0 Å². The highest BCUT2D eigenvalue weighted by Gasteiger charge is 2.18. The van der Waals surface area contributed by atoms with Gasteiger partial charge in [-0.3, -0.25) is 0 Å². The molecule has 0 aliphatic carbocycles. The van der Waals surface area contributed by atoms with Gasteiger partial charge in [-0.15, -0.1) is 0 Å². The lowest BCUT2D eigenvalue weighted by Crippen LogP contribution is -2.21. The molecule has 5 nitrogen and oxygen atoms in total. The first kappa shape index (κ1) is 8.37. The summed E-state index contributed by atoms with van der Waals surface area (Å²) >= 11 is 0. The Morgan fingerprint density at radius 3 is 2.62 bits per heavy atom. The predicted molar refractivity (Wildman–Crippen MR) is 50.1 cm³/mol. The van der Waals surface area contributed by atoms with Crippen molar-refractivity contribution in [1.82, 2.24) is 9.78 Å². The predicted octanol–water partition coefficient (Wildman–Crippen LogP) is 0.399. The molecule has 0 amide bonds. The van der Waals surface area contributed by atoms with Crippen LogP contribution in [0.5, 0.6) is 0 Å². The molecule has 0 radical (unpaired) electrons. The molecule has 0 aromatic carbocycles. The fraction of sp³-hybridized carbons (Fsp3) is 0.625. The number of nitrogens with two attached hydrogens (primary N) is 2. The second kappa shape index (κ2) is 3.26. The van der Waals surface area contributed by atoms with Crippen LogP contribution in [0.3, 0.4) is 0 Å². The number of hydrogen-bond donors (Lipinski definition) is 2. The summed E-state index contributed by atoms with van der Waals surface area (Å²) in [5.41, 5.74) is 11.9. The Balaban J connectivity index is 2.18. The highest BCUT2D eigenvalue weighted by Crippen LogP contribution is 2.25. The first-order valence-corrected chi connectivity index (χ1v) is 4.45. The van der Waals surface area contributed by atoms with Crippen molar-refractivity contribution in [2.24, 2.45) is 0 Å². The van der Waals surface area contributed by atoms with Crippen LogP contribution in [0.15, 0.2) is 6.20 Å². The van der Waals surface area contributed by atoms with Crippen LogP contribution in [-0.2, 0) is 4.74 Å². The number of ether oxygens (including phenoxy) is 1. The molecule has 13 heavy (non-hydrogen) atoms. The first-order valence-electron chi connectivity index (χ1n) is 4.45. The van der Waals surface area contributed by atoms with Gasteiger partial charge in [-0.2, -0.15) is 5.10 Å². The number of rotatable bonds is 1. The molecule has 4 N–H and O–H groups in total. The zero-order chi connectivity index (χ0) is 9.26. The average molecular weight is 182 g/mol. The highest BCUT2D eigenvalue weighted by atomic mass is 16.5. The van der Waals surface area contributed by atoms with Crippen molar-refractivity contribution in [2.75, 3.05) is 24.7 Å². The van der Waals surface area contributed by atoms with Gasteiger partial charge < -0.3 is 16.2 Å². The maximum atomic E-state index is 5.77. The summed E-state index contributed by atoms with van der Waals surface area (Å²) in [5.74, 6) is 0.576. The molecular weight excluding hydrogens is 168 g/mol. The third-order valence-electron chi connectivity index (χ3n) is 2.40. The highest BCUT2D eigenvalue weighted by molar-refractivity contribution is 5.57. The van der Waals surface area contributed by atoms with Gasteiger partial charge in [0.1, 0.15) is 5.82 Å². The Morgan fingerprint density at radius 2 is 2.08 bits per heavy atom. The van der Waals surface area contributed by atoms with Gasteiger partial charge in [0.05, 0.1) is 17.9 Å². The smallest absolute Gasteiger partial charge is 0.145 e. The molecule has 1 fully saturated rings. The van der Waals surface area contributed by atoms with Gasteiger partial charge >= 0.3 is 0 Å². The minimum Gasteiger partial charge on any atom is -0.394 e. The van der Waals surface area contributed by atoms with Crippen molar-refractivity contribution in [3.8, 4) is 0 Å². The first-order chi connectivity index (χ1) is 6.29. The van der Waals surface area contributed by atoms with Gasteiger partial charge in [-0.1, -0.05) is 0 Å². The number of hydrogen-bond acceptors (Lipinski definition) is 4. The van der Waals surface area contributed by atoms with Crippen LogP contribution in [0.4, 0.5) is 11.5 Å². The minimum atomic E-state index is 0.353. The summed E-state index contributed by atoms with van der Waals surface area (Å²) in [7, 11) is 0. The molecule has 1 aromatic rings. The van der Waals surface area contributed by atoms with E-state index in [2.05, 4.69) is 5.10 Å². The maximum Gasteiger partial charge on any atom is 0.145 e. The van der Waals surface area contributed by atoms with Crippen LogP contribution in [0, 0.1) is 0 Å². The van der Waals surface area contributed by atoms with Crippen molar-refractivity contribution < 1.29 is 4.74 Å². The van der Waals surface area contributed by atoms with Gasteiger partial charge in [0.25, 0.3) is 0 Å². The number of nitrogen functional groups attached to an aromatic ring is 2. The van der Waals surface area contributed by atoms with Gasteiger partial charge in [0, 0.05) is 13.2 Å². The van der Waals surface area contributed by atoms with Crippen LogP contribution >= 0.6 is 0 Å². The summed E-state index contributed by atoms with van der Waals surface area (Å²) in [6.07, 6.45) is 3.53. The van der Waals surface area contributed by atoms with E-state index in [1.807, 2.05) is 0 Å². The summed E-state index contributed by atoms with van der Waals surface area (Å²) in [6, 6.07) is 0.353. The number of anilines is 2. The van der Waals surface area contributed by atoms with Crippen LogP contribution in [0.1, 0.15) is 18.9 Å². The summed E-state index contributed by atoms with van der Waals surface area (Å²) in [6.45, 7) is 1.56. The van der Waals surface area contributed by atoms with E-state index in [1.165, 1.54) is 0 Å². The third-order valence-corrected chi connectivity index (χ3v) is 2.40. The standard InChI is InChI=1S/C8H14N4O/c9-7-5-11-12(8(7)10)6-1-3-13-4-2-6/h5-6H,1-4,9-10H2. The van der Waals surface area contributed by atoms with E-state index in [0.717, 1.165) is 26.1 Å². The lowest BCUT2D eigenvalue weighted by molar-refractivity contribution is 0.0669. The fourth-order valence-corrected chi connectivity index (χ4v) is 1.61. The van der Waals surface area contributed by atoms with Crippen molar-refractivity contribution >= 4 is 11.5 Å². The molecule has 0 unspecified atom stereocenters. The molecule has 1 aliphatic rings. The van der Waals surface area contributed by atoms with E-state index in [4.69, 9.17) is 16.2 Å². The molecule has 0 bridgehead atoms. The Morgan fingerprint density at radius 1 is 1.38 bits per heavy atom. The van der Waals surface area contributed by atoms with Crippen LogP contribution < -0.4 is 11.5 Å². The molecule has 2 rings (SSSR count). The van der Waals surface area contributed by atoms with E-state index in [-0.39, 0.29) is 0 Å². The summed E-state index contributed by atoms with van der Waals surface area (Å²) in [5, 5.41) is 4.15. The molecule has 1 aliphatic heterocycles. The zero-order valence-electron chi connectivity index (χ0n) is 7.44. The Kier molecular flexibility index (Phi) is 2.10. The molecule has 1 saturated heterocycles. The molecule has 72 valence electrons. The monoisotopic (exact) mass is 182 g/mol. The number of aromatic nitrogens is 2. The van der Waals surface area contributed by atoms with Crippen molar-refractivity contribution in [2.45, 2.75) is 18.9 Å². The van der Waals surface area contributed by atoms with E-state index in [9.17, 15) is 0 Å². The molecule has 2 heterocycles. The van der Waals surface area contributed by atoms with E-state index >= 15 is 0 Å². The summed E-state index contributed by atoms with van der Waals surface area (Å²) in [4.78, 5) is 0. The zero-order valence-corrected chi connectivity index (χ0v) is 7.44. The minimum absolute atomic E-state index is 0.353. The second-order valence-corrected chi connectivity index (χ2v) is 3.27. The molecular formula is C8H14N4O. The fourth-order valence-electron chi connectivity index (χ4n) is 1.61. The molecule has 0 saturated carbocycles. The van der Waals surface area contributed by atoms with Gasteiger partial charge in [0.2, 0.25) is 0 Å². The SMILES string of the molecule is Nc1cnn(C2CCOCC2)c1N. The number of nitrogens with zero attached hydrogens (tertiary/aromatic N) is 2. The Hall–Kier alpha value is -1.23. The third kappa shape index (κ3) is 1.47.